The molecule has 3 nitrogen and oxygen atoms in total. The lowest BCUT2D eigenvalue weighted by Crippen LogP contribution is -2.38. The Kier molecular flexibility index (Phi) is 8.43. The zero-order valence-electron chi connectivity index (χ0n) is 9.45. The number of hydrogen-bond donors (Lipinski definition) is 3. The average Bonchev–Trinajstić information content (AvgIpc) is 2.14. The van der Waals surface area contributed by atoms with Crippen LogP contribution < -0.4 is 0 Å². The van der Waals surface area contributed by atoms with Gasteiger partial charge >= 0.3 is 0 Å². The van der Waals surface area contributed by atoms with Gasteiger partial charge in [0.2, 0.25) is 0 Å². The standard InChI is InChI=1S/C11H23ClO3/c1-2-3-4-5-6-7-8-9-10(12)11(13,14)15/h10,13-15H,2-9H2,1H3. The summed E-state index contributed by atoms with van der Waals surface area (Å²) in [5.41, 5.74) is 0. The number of halogens is 1. The van der Waals surface area contributed by atoms with Gasteiger partial charge in [-0.05, 0) is 6.42 Å². The van der Waals surface area contributed by atoms with Crippen molar-refractivity contribution in [2.24, 2.45) is 0 Å². The molecule has 1 unspecified atom stereocenters. The van der Waals surface area contributed by atoms with Gasteiger partial charge in [-0.25, -0.2) is 0 Å². The van der Waals surface area contributed by atoms with Gasteiger partial charge < -0.3 is 15.3 Å². The maximum Gasteiger partial charge on any atom is 0.292 e. The number of rotatable bonds is 9. The van der Waals surface area contributed by atoms with Crippen LogP contribution in [0.4, 0.5) is 0 Å². The molecule has 0 saturated carbocycles. The fourth-order valence-electron chi connectivity index (χ4n) is 1.47. The molecule has 0 aliphatic rings. The third kappa shape index (κ3) is 9.12. The van der Waals surface area contributed by atoms with Crippen molar-refractivity contribution in [1.82, 2.24) is 0 Å². The number of unbranched alkanes of at least 4 members (excludes halogenated alkanes) is 6. The largest absolute Gasteiger partial charge is 0.342 e. The Morgan fingerprint density at radius 1 is 0.933 bits per heavy atom. The molecule has 3 N–H and O–H groups in total. The van der Waals surface area contributed by atoms with Crippen LogP contribution in [0.15, 0.2) is 0 Å². The number of aliphatic hydroxyl groups is 3. The van der Waals surface area contributed by atoms with Crippen LogP contribution in [0.25, 0.3) is 0 Å². The SMILES string of the molecule is CCCCCCCCCC(Cl)C(O)(O)O. The lowest BCUT2D eigenvalue weighted by Gasteiger charge is -2.19. The summed E-state index contributed by atoms with van der Waals surface area (Å²) < 4.78 is 0. The zero-order valence-corrected chi connectivity index (χ0v) is 10.2. The lowest BCUT2D eigenvalue weighted by molar-refractivity contribution is -0.311. The van der Waals surface area contributed by atoms with E-state index in [0.717, 1.165) is 19.3 Å². The van der Waals surface area contributed by atoms with Crippen LogP contribution in [-0.2, 0) is 0 Å². The van der Waals surface area contributed by atoms with E-state index in [1.165, 1.54) is 25.7 Å². The highest BCUT2D eigenvalue weighted by Crippen LogP contribution is 2.18. The summed E-state index contributed by atoms with van der Waals surface area (Å²) in [6.07, 6.45) is 8.45. The van der Waals surface area contributed by atoms with Gasteiger partial charge in [-0.2, -0.15) is 0 Å². The fraction of sp³-hybridized carbons (Fsp3) is 1.00. The topological polar surface area (TPSA) is 60.7 Å². The summed E-state index contributed by atoms with van der Waals surface area (Å²) in [4.78, 5) is 0. The second kappa shape index (κ2) is 8.34. The van der Waals surface area contributed by atoms with Gasteiger partial charge in [0.15, 0.2) is 0 Å². The minimum absolute atomic E-state index is 0.429. The summed E-state index contributed by atoms with van der Waals surface area (Å²) in [5.74, 6) is -2.73. The molecule has 4 heteroatoms. The summed E-state index contributed by atoms with van der Waals surface area (Å²) in [5, 5.41) is 25.2. The van der Waals surface area contributed by atoms with E-state index >= 15 is 0 Å². The molecular formula is C11H23ClO3. The highest BCUT2D eigenvalue weighted by molar-refractivity contribution is 6.21. The van der Waals surface area contributed by atoms with Gasteiger partial charge in [0.1, 0.15) is 5.38 Å². The molecule has 15 heavy (non-hydrogen) atoms. The molecule has 0 fully saturated rings. The smallest absolute Gasteiger partial charge is 0.292 e. The van der Waals surface area contributed by atoms with Crippen molar-refractivity contribution in [1.29, 1.82) is 0 Å². The van der Waals surface area contributed by atoms with E-state index in [1.54, 1.807) is 0 Å². The van der Waals surface area contributed by atoms with E-state index in [-0.39, 0.29) is 0 Å². The maximum absolute atomic E-state index is 8.74. The summed E-state index contributed by atoms with van der Waals surface area (Å²) in [7, 11) is 0. The van der Waals surface area contributed by atoms with Crippen molar-refractivity contribution in [3.63, 3.8) is 0 Å². The average molecular weight is 239 g/mol. The van der Waals surface area contributed by atoms with E-state index in [1.807, 2.05) is 0 Å². The molecule has 0 rings (SSSR count). The highest BCUT2D eigenvalue weighted by atomic mass is 35.5. The van der Waals surface area contributed by atoms with Crippen molar-refractivity contribution in [3.05, 3.63) is 0 Å². The van der Waals surface area contributed by atoms with Gasteiger partial charge in [-0.1, -0.05) is 51.9 Å². The van der Waals surface area contributed by atoms with Crippen molar-refractivity contribution in [2.45, 2.75) is 69.6 Å². The van der Waals surface area contributed by atoms with Crippen molar-refractivity contribution < 1.29 is 15.3 Å². The first-order chi connectivity index (χ1) is 6.98. The van der Waals surface area contributed by atoms with Crippen LogP contribution in [0, 0.1) is 0 Å². The lowest BCUT2D eigenvalue weighted by atomic mass is 10.1. The second-order valence-corrected chi connectivity index (χ2v) is 4.59. The normalized spacial score (nSPS) is 14.2. The van der Waals surface area contributed by atoms with Gasteiger partial charge in [-0.3, -0.25) is 0 Å². The van der Waals surface area contributed by atoms with E-state index in [4.69, 9.17) is 26.9 Å². The predicted molar refractivity (Wildman–Crippen MR) is 61.6 cm³/mol. The van der Waals surface area contributed by atoms with Crippen LogP contribution >= 0.6 is 11.6 Å². The first-order valence-electron chi connectivity index (χ1n) is 5.79. The quantitative estimate of drug-likeness (QED) is 0.328. The van der Waals surface area contributed by atoms with Gasteiger partial charge in [0.05, 0.1) is 0 Å². The predicted octanol–water partition coefficient (Wildman–Crippen LogP) is 2.37. The van der Waals surface area contributed by atoms with Gasteiger partial charge in [-0.15, -0.1) is 11.6 Å². The van der Waals surface area contributed by atoms with E-state index in [0.29, 0.717) is 6.42 Å². The van der Waals surface area contributed by atoms with Gasteiger partial charge in [0, 0.05) is 0 Å². The Labute approximate surface area is 97.1 Å². The Morgan fingerprint density at radius 3 is 1.87 bits per heavy atom. The highest BCUT2D eigenvalue weighted by Gasteiger charge is 2.29. The second-order valence-electron chi connectivity index (χ2n) is 4.06. The zero-order chi connectivity index (χ0) is 11.7. The van der Waals surface area contributed by atoms with Crippen molar-refractivity contribution in [3.8, 4) is 0 Å². The number of alkyl halides is 1. The third-order valence-corrected chi connectivity index (χ3v) is 2.99. The van der Waals surface area contributed by atoms with Crippen LogP contribution in [0.1, 0.15) is 58.3 Å². The minimum Gasteiger partial charge on any atom is -0.342 e. The molecule has 92 valence electrons. The summed E-state index contributed by atoms with van der Waals surface area (Å²) in [6, 6.07) is 0. The van der Waals surface area contributed by atoms with E-state index in [2.05, 4.69) is 6.92 Å². The minimum atomic E-state index is -2.73. The Balaban J connectivity index is 3.24. The van der Waals surface area contributed by atoms with Crippen molar-refractivity contribution >= 4 is 11.6 Å². The molecular weight excluding hydrogens is 216 g/mol. The third-order valence-electron chi connectivity index (χ3n) is 2.48. The molecule has 0 aromatic rings. The molecule has 0 amide bonds. The molecule has 0 aliphatic carbocycles. The first-order valence-corrected chi connectivity index (χ1v) is 6.23. The molecule has 0 aromatic carbocycles. The monoisotopic (exact) mass is 238 g/mol. The van der Waals surface area contributed by atoms with Crippen LogP contribution in [0.3, 0.4) is 0 Å². The van der Waals surface area contributed by atoms with Crippen LogP contribution in [-0.4, -0.2) is 26.7 Å². The molecule has 1 atom stereocenters. The van der Waals surface area contributed by atoms with E-state index < -0.39 is 11.4 Å². The maximum atomic E-state index is 8.74. The molecule has 0 bridgehead atoms. The van der Waals surface area contributed by atoms with Crippen LogP contribution in [0.2, 0.25) is 0 Å². The molecule has 0 heterocycles. The molecule has 0 aromatic heterocycles. The van der Waals surface area contributed by atoms with Gasteiger partial charge in [0.25, 0.3) is 5.97 Å². The van der Waals surface area contributed by atoms with E-state index in [9.17, 15) is 0 Å². The Hall–Kier alpha value is 0.170. The summed E-state index contributed by atoms with van der Waals surface area (Å²) in [6.45, 7) is 2.18. The Morgan fingerprint density at radius 2 is 1.40 bits per heavy atom. The fourth-order valence-corrected chi connectivity index (χ4v) is 1.63. The van der Waals surface area contributed by atoms with Crippen molar-refractivity contribution in [2.75, 3.05) is 0 Å². The first kappa shape index (κ1) is 15.2. The Bertz CT molecular complexity index is 145. The molecule has 0 radical (unpaired) electrons. The molecule has 0 spiro atoms. The summed E-state index contributed by atoms with van der Waals surface area (Å²) >= 11 is 5.57. The number of hydrogen-bond acceptors (Lipinski definition) is 3. The van der Waals surface area contributed by atoms with Crippen LogP contribution in [0.5, 0.6) is 0 Å². The molecule has 0 saturated heterocycles. The molecule has 0 aliphatic heterocycles.